The molecule has 0 saturated carbocycles. The molecule has 0 heterocycles. The fraction of sp³-hybridized carbons (Fsp3) is 0.875. The van der Waals surface area contributed by atoms with Gasteiger partial charge < -0.3 is 4.90 Å². The van der Waals surface area contributed by atoms with Crippen LogP contribution in [0.5, 0.6) is 0 Å². The minimum absolute atomic E-state index is 0.479. The molecule has 0 saturated heterocycles. The van der Waals surface area contributed by atoms with Gasteiger partial charge in [0.05, 0.1) is 0 Å². The summed E-state index contributed by atoms with van der Waals surface area (Å²) in [4.78, 5) is 2.08. The van der Waals surface area contributed by atoms with Gasteiger partial charge in [0.2, 0.25) is 0 Å². The van der Waals surface area contributed by atoms with E-state index in [1.807, 2.05) is 0 Å². The van der Waals surface area contributed by atoms with E-state index in [0.29, 0.717) is 12.1 Å². The molecule has 0 N–H and O–H groups in total. The summed E-state index contributed by atoms with van der Waals surface area (Å²) in [5, 5.41) is 0. The fourth-order valence-corrected chi connectivity index (χ4v) is 1.29. The number of nitrogens with zero attached hydrogens (tertiary/aromatic N) is 1. The molecule has 1 unspecified atom stereocenters. The van der Waals surface area contributed by atoms with Gasteiger partial charge in [-0.25, -0.2) is 0 Å². The molecule has 0 amide bonds. The maximum atomic E-state index is 4.77. The molecule has 0 aromatic carbocycles. The first kappa shape index (κ1) is 9.89. The van der Waals surface area contributed by atoms with Crippen molar-refractivity contribution in [3.63, 3.8) is 0 Å². The predicted octanol–water partition coefficient (Wildman–Crippen LogP) is 2.33. The van der Waals surface area contributed by atoms with Crippen LogP contribution in [0.25, 0.3) is 0 Å². The van der Waals surface area contributed by atoms with Crippen LogP contribution < -0.4 is 0 Å². The lowest BCUT2D eigenvalue weighted by atomic mass is 10.2. The summed E-state index contributed by atoms with van der Waals surface area (Å²) in [5.41, 5.74) is 2.77. The number of thiocarbonyl (C=S) groups is 1. The van der Waals surface area contributed by atoms with Crippen LogP contribution in [0.1, 0.15) is 34.1 Å². The average Bonchev–Trinajstić information content (AvgIpc) is 1.88. The molecule has 0 aliphatic heterocycles. The van der Waals surface area contributed by atoms with Crippen molar-refractivity contribution in [3.8, 4) is 0 Å². The molecular formula is C8H16NS. The molecule has 0 rings (SSSR count). The second-order valence-corrected chi connectivity index (χ2v) is 3.03. The first-order valence-corrected chi connectivity index (χ1v) is 4.20. The van der Waals surface area contributed by atoms with Crippen molar-refractivity contribution < 1.29 is 0 Å². The maximum absolute atomic E-state index is 4.77. The zero-order valence-electron chi connectivity index (χ0n) is 7.22. The van der Waals surface area contributed by atoms with E-state index in [4.69, 9.17) is 12.2 Å². The molecule has 1 nitrogen and oxygen atoms in total. The zero-order valence-corrected chi connectivity index (χ0v) is 8.03. The monoisotopic (exact) mass is 158 g/mol. The van der Waals surface area contributed by atoms with Crippen LogP contribution in [0, 0.1) is 0 Å². The van der Waals surface area contributed by atoms with E-state index in [1.54, 1.807) is 0 Å². The lowest BCUT2D eigenvalue weighted by Gasteiger charge is -2.28. The van der Waals surface area contributed by atoms with E-state index in [9.17, 15) is 0 Å². The van der Waals surface area contributed by atoms with Gasteiger partial charge in [-0.15, -0.1) is 0 Å². The lowest BCUT2D eigenvalue weighted by molar-refractivity contribution is 0.283. The summed E-state index contributed by atoms with van der Waals surface area (Å²) in [6.45, 7) is 8.59. The Morgan fingerprint density at radius 1 is 1.40 bits per heavy atom. The molecular weight excluding hydrogens is 142 g/mol. The Hall–Kier alpha value is -0.110. The van der Waals surface area contributed by atoms with Gasteiger partial charge in [0, 0.05) is 12.1 Å². The van der Waals surface area contributed by atoms with Crippen molar-refractivity contribution in [1.29, 1.82) is 0 Å². The molecule has 0 aliphatic rings. The zero-order chi connectivity index (χ0) is 8.15. The molecule has 0 aromatic heterocycles. The number of hydrogen-bond donors (Lipinski definition) is 0. The van der Waals surface area contributed by atoms with Gasteiger partial charge in [-0.1, -0.05) is 19.1 Å². The maximum Gasteiger partial charge on any atom is 0.137 e. The van der Waals surface area contributed by atoms with E-state index in [-0.39, 0.29) is 0 Å². The second kappa shape index (κ2) is 4.67. The lowest BCUT2D eigenvalue weighted by Crippen LogP contribution is -2.36. The smallest absolute Gasteiger partial charge is 0.137 e. The van der Waals surface area contributed by atoms with E-state index in [0.717, 1.165) is 6.42 Å². The molecule has 59 valence electrons. The first-order valence-electron chi connectivity index (χ1n) is 3.79. The SMILES string of the molecule is CCC(C)N([C]=S)C(C)C. The minimum Gasteiger partial charge on any atom is -0.355 e. The van der Waals surface area contributed by atoms with Crippen LogP contribution in [0.4, 0.5) is 0 Å². The summed E-state index contributed by atoms with van der Waals surface area (Å²) in [6, 6.07) is 1.00. The standard InChI is InChI=1S/C8H16NS/c1-5-8(4)9(6-10)7(2)3/h7-8H,5H2,1-4H3. The third-order valence-corrected chi connectivity index (χ3v) is 1.94. The molecule has 0 fully saturated rings. The van der Waals surface area contributed by atoms with Gasteiger partial charge in [-0.05, 0) is 27.2 Å². The Bertz CT molecular complexity index is 101. The van der Waals surface area contributed by atoms with Crippen LogP contribution in [-0.4, -0.2) is 22.5 Å². The third-order valence-electron chi connectivity index (χ3n) is 1.73. The highest BCUT2D eigenvalue weighted by molar-refractivity contribution is 7.78. The van der Waals surface area contributed by atoms with Crippen LogP contribution >= 0.6 is 12.2 Å². The number of hydrogen-bond acceptors (Lipinski definition) is 1. The molecule has 0 bridgehead atoms. The van der Waals surface area contributed by atoms with Crippen LogP contribution in [0.2, 0.25) is 0 Å². The van der Waals surface area contributed by atoms with Gasteiger partial charge in [-0.3, -0.25) is 0 Å². The first-order chi connectivity index (χ1) is 4.63. The quantitative estimate of drug-likeness (QED) is 0.456. The van der Waals surface area contributed by atoms with E-state index in [1.165, 1.54) is 0 Å². The summed E-state index contributed by atoms with van der Waals surface area (Å²) >= 11 is 4.77. The second-order valence-electron chi connectivity index (χ2n) is 2.85. The summed E-state index contributed by atoms with van der Waals surface area (Å²) < 4.78 is 0. The van der Waals surface area contributed by atoms with Crippen LogP contribution in [0.3, 0.4) is 0 Å². The Labute approximate surface area is 69.4 Å². The number of rotatable bonds is 4. The normalized spacial score (nSPS) is 13.3. The third kappa shape index (κ3) is 2.65. The van der Waals surface area contributed by atoms with Crippen molar-refractivity contribution in [2.45, 2.75) is 46.2 Å². The summed E-state index contributed by atoms with van der Waals surface area (Å²) in [6.07, 6.45) is 1.13. The highest BCUT2D eigenvalue weighted by Gasteiger charge is 2.10. The summed E-state index contributed by atoms with van der Waals surface area (Å²) in [7, 11) is 0. The Morgan fingerprint density at radius 3 is 2.00 bits per heavy atom. The van der Waals surface area contributed by atoms with Gasteiger partial charge >= 0.3 is 0 Å². The molecule has 2 heteroatoms. The average molecular weight is 158 g/mol. The highest BCUT2D eigenvalue weighted by atomic mass is 32.1. The van der Waals surface area contributed by atoms with Crippen molar-refractivity contribution in [2.24, 2.45) is 0 Å². The van der Waals surface area contributed by atoms with Crippen molar-refractivity contribution in [3.05, 3.63) is 0 Å². The van der Waals surface area contributed by atoms with Gasteiger partial charge in [0.15, 0.2) is 0 Å². The molecule has 1 radical (unpaired) electrons. The molecule has 0 spiro atoms. The van der Waals surface area contributed by atoms with Gasteiger partial charge in [0.1, 0.15) is 5.49 Å². The molecule has 0 aromatic rings. The molecule has 1 atom stereocenters. The van der Waals surface area contributed by atoms with Crippen molar-refractivity contribution in [2.75, 3.05) is 0 Å². The Balaban J connectivity index is 3.92. The Morgan fingerprint density at radius 2 is 1.90 bits per heavy atom. The van der Waals surface area contributed by atoms with Gasteiger partial charge in [0.25, 0.3) is 0 Å². The molecule has 10 heavy (non-hydrogen) atoms. The summed E-state index contributed by atoms with van der Waals surface area (Å²) in [5.74, 6) is 0. The Kier molecular flexibility index (Phi) is 4.62. The van der Waals surface area contributed by atoms with Crippen molar-refractivity contribution >= 4 is 17.7 Å². The van der Waals surface area contributed by atoms with E-state index >= 15 is 0 Å². The fourth-order valence-electron chi connectivity index (χ4n) is 0.901. The largest absolute Gasteiger partial charge is 0.355 e. The predicted molar refractivity (Wildman–Crippen MR) is 49.3 cm³/mol. The topological polar surface area (TPSA) is 3.24 Å². The highest BCUT2D eigenvalue weighted by Crippen LogP contribution is 2.05. The van der Waals surface area contributed by atoms with Crippen LogP contribution in [-0.2, 0) is 0 Å². The van der Waals surface area contributed by atoms with Gasteiger partial charge in [-0.2, -0.15) is 0 Å². The minimum atomic E-state index is 0.479. The van der Waals surface area contributed by atoms with E-state index in [2.05, 4.69) is 38.1 Å². The molecule has 0 aliphatic carbocycles. The van der Waals surface area contributed by atoms with E-state index < -0.39 is 0 Å². The van der Waals surface area contributed by atoms with Crippen LogP contribution in [0.15, 0.2) is 0 Å². The van der Waals surface area contributed by atoms with Crippen molar-refractivity contribution in [1.82, 2.24) is 4.90 Å².